The van der Waals surface area contributed by atoms with Crippen LogP contribution in [-0.2, 0) is 16.6 Å². The zero-order valence-electron chi connectivity index (χ0n) is 17.7. The Kier molecular flexibility index (Phi) is 4.82. The van der Waals surface area contributed by atoms with Crippen LogP contribution in [0, 0.1) is 0 Å². The number of rotatable bonds is 5. The Balaban J connectivity index is 1.56. The van der Waals surface area contributed by atoms with E-state index in [4.69, 9.17) is 14.2 Å². The Morgan fingerprint density at radius 2 is 1.78 bits per heavy atom. The van der Waals surface area contributed by atoms with Gasteiger partial charge in [-0.3, -0.25) is 4.31 Å². The van der Waals surface area contributed by atoms with E-state index in [1.54, 1.807) is 42.5 Å². The van der Waals surface area contributed by atoms with Gasteiger partial charge in [0.25, 0.3) is 10.0 Å². The number of ether oxygens (including phenoxy) is 3. The van der Waals surface area contributed by atoms with E-state index in [1.807, 2.05) is 38.1 Å². The second kappa shape index (κ2) is 7.56. The third-order valence-electron chi connectivity index (χ3n) is 5.24. The van der Waals surface area contributed by atoms with Crippen molar-refractivity contribution in [3.8, 4) is 17.2 Å². The van der Waals surface area contributed by atoms with E-state index in [0.29, 0.717) is 28.6 Å². The molecule has 0 N–H and O–H groups in total. The minimum absolute atomic E-state index is 0.0116. The van der Waals surface area contributed by atoms with Gasteiger partial charge in [-0.05, 0) is 62.4 Å². The van der Waals surface area contributed by atoms with Gasteiger partial charge in [-0.2, -0.15) is 0 Å². The summed E-state index contributed by atoms with van der Waals surface area (Å²) in [5.41, 5.74) is 1.38. The Bertz CT molecular complexity index is 1300. The smallest absolute Gasteiger partial charge is 0.268 e. The molecule has 1 aromatic heterocycles. The Morgan fingerprint density at radius 3 is 2.59 bits per heavy atom. The molecule has 2 aliphatic rings. The van der Waals surface area contributed by atoms with Gasteiger partial charge >= 0.3 is 0 Å². The number of nitrogens with zero attached hydrogens (tertiary/aromatic N) is 2. The molecule has 3 heterocycles. The van der Waals surface area contributed by atoms with Crippen molar-refractivity contribution in [3.63, 3.8) is 0 Å². The van der Waals surface area contributed by atoms with Crippen LogP contribution in [0.15, 0.2) is 71.6 Å². The van der Waals surface area contributed by atoms with Crippen LogP contribution in [0.25, 0.3) is 6.08 Å². The van der Waals surface area contributed by atoms with Crippen molar-refractivity contribution < 1.29 is 22.6 Å². The lowest BCUT2D eigenvalue weighted by Crippen LogP contribution is -2.31. The van der Waals surface area contributed by atoms with E-state index < -0.39 is 15.6 Å². The predicted molar refractivity (Wildman–Crippen MR) is 120 cm³/mol. The van der Waals surface area contributed by atoms with Crippen LogP contribution in [0.5, 0.6) is 17.2 Å². The lowest BCUT2D eigenvalue weighted by atomic mass is 10.1. The molecule has 3 aromatic rings. The Morgan fingerprint density at radius 1 is 0.969 bits per heavy atom. The van der Waals surface area contributed by atoms with Crippen LogP contribution in [0.3, 0.4) is 0 Å². The summed E-state index contributed by atoms with van der Waals surface area (Å²) in [6.07, 6.45) is 3.83. The monoisotopic (exact) mass is 450 g/mol. The summed E-state index contributed by atoms with van der Waals surface area (Å²) in [4.78, 5) is 4.70. The fraction of sp³-hybridized carbons (Fsp3) is 0.208. The van der Waals surface area contributed by atoms with Gasteiger partial charge in [-0.25, -0.2) is 13.4 Å². The lowest BCUT2D eigenvalue weighted by Gasteiger charge is -2.28. The van der Waals surface area contributed by atoms with E-state index in [2.05, 4.69) is 4.98 Å². The third-order valence-corrected chi connectivity index (χ3v) is 7.03. The van der Waals surface area contributed by atoms with Gasteiger partial charge in [0.15, 0.2) is 11.5 Å². The van der Waals surface area contributed by atoms with Crippen molar-refractivity contribution in [1.29, 1.82) is 0 Å². The van der Waals surface area contributed by atoms with E-state index in [1.165, 1.54) is 10.4 Å². The molecule has 164 valence electrons. The molecule has 0 amide bonds. The number of sulfonamides is 1. The van der Waals surface area contributed by atoms with Crippen LogP contribution < -0.4 is 18.5 Å². The van der Waals surface area contributed by atoms with Gasteiger partial charge in [0.2, 0.25) is 6.79 Å². The number of fused-ring (bicyclic) bond motifs is 2. The SMILES string of the molecule is CC1(C)C=Cc2nc(CN(c3ccccc3)S(=O)(=O)c3cccc4c3OCO4)ccc2O1. The molecule has 5 rings (SSSR count). The summed E-state index contributed by atoms with van der Waals surface area (Å²) >= 11 is 0. The molecule has 0 saturated carbocycles. The molecule has 0 atom stereocenters. The highest BCUT2D eigenvalue weighted by Crippen LogP contribution is 2.40. The topological polar surface area (TPSA) is 78.0 Å². The molecule has 2 aliphatic heterocycles. The Hall–Kier alpha value is -3.52. The van der Waals surface area contributed by atoms with E-state index in [-0.39, 0.29) is 24.0 Å². The fourth-order valence-corrected chi connectivity index (χ4v) is 5.26. The van der Waals surface area contributed by atoms with Crippen LogP contribution in [0.4, 0.5) is 5.69 Å². The normalized spacial score (nSPS) is 15.7. The minimum Gasteiger partial charge on any atom is -0.482 e. The average Bonchev–Trinajstić information content (AvgIpc) is 3.26. The van der Waals surface area contributed by atoms with Gasteiger partial charge < -0.3 is 14.2 Å². The largest absolute Gasteiger partial charge is 0.482 e. The van der Waals surface area contributed by atoms with Gasteiger partial charge in [-0.15, -0.1) is 0 Å². The van der Waals surface area contributed by atoms with Crippen LogP contribution in [-0.4, -0.2) is 25.8 Å². The summed E-state index contributed by atoms with van der Waals surface area (Å²) in [6.45, 7) is 3.96. The molecule has 0 unspecified atom stereocenters. The molecular weight excluding hydrogens is 428 g/mol. The number of aromatic nitrogens is 1. The maximum absolute atomic E-state index is 13.8. The van der Waals surface area contributed by atoms with E-state index in [9.17, 15) is 8.42 Å². The van der Waals surface area contributed by atoms with Crippen molar-refractivity contribution >= 4 is 21.8 Å². The molecule has 0 fully saturated rings. The maximum Gasteiger partial charge on any atom is 0.268 e. The molecular formula is C24H22N2O5S. The average molecular weight is 451 g/mol. The van der Waals surface area contributed by atoms with Crippen molar-refractivity contribution in [1.82, 2.24) is 4.98 Å². The molecule has 32 heavy (non-hydrogen) atoms. The predicted octanol–water partition coefficient (Wildman–Crippen LogP) is 4.39. The number of hydrogen-bond donors (Lipinski definition) is 0. The summed E-state index contributed by atoms with van der Waals surface area (Å²) in [6, 6.07) is 17.4. The molecule has 0 aliphatic carbocycles. The molecule has 0 saturated heterocycles. The van der Waals surface area contributed by atoms with Gasteiger partial charge in [0.05, 0.1) is 17.9 Å². The van der Waals surface area contributed by atoms with Gasteiger partial charge in [0, 0.05) is 0 Å². The summed E-state index contributed by atoms with van der Waals surface area (Å²) in [5.74, 6) is 1.31. The molecule has 2 aromatic carbocycles. The molecule has 7 nitrogen and oxygen atoms in total. The molecule has 0 radical (unpaired) electrons. The number of hydrogen-bond acceptors (Lipinski definition) is 6. The van der Waals surface area contributed by atoms with Crippen molar-refractivity contribution in [2.75, 3.05) is 11.1 Å². The highest BCUT2D eigenvalue weighted by atomic mass is 32.2. The van der Waals surface area contributed by atoms with E-state index >= 15 is 0 Å². The van der Waals surface area contributed by atoms with Crippen molar-refractivity contribution in [2.45, 2.75) is 30.9 Å². The van der Waals surface area contributed by atoms with Crippen LogP contribution in [0.1, 0.15) is 25.2 Å². The van der Waals surface area contributed by atoms with Crippen molar-refractivity contribution in [3.05, 3.63) is 78.1 Å². The highest BCUT2D eigenvalue weighted by molar-refractivity contribution is 7.93. The molecule has 0 bridgehead atoms. The van der Waals surface area contributed by atoms with Gasteiger partial charge in [0.1, 0.15) is 21.9 Å². The standard InChI is InChI=1S/C24H22N2O5S/c1-24(2)14-13-19-20(31-24)12-11-17(25-19)15-26(18-7-4-3-5-8-18)32(27,28)22-10-6-9-21-23(22)30-16-29-21/h3-14H,15-16H2,1-2H3. The molecule has 0 spiro atoms. The minimum atomic E-state index is -3.98. The first-order chi connectivity index (χ1) is 15.3. The first kappa shape index (κ1) is 20.4. The van der Waals surface area contributed by atoms with Crippen LogP contribution >= 0.6 is 0 Å². The number of para-hydroxylation sites is 2. The maximum atomic E-state index is 13.8. The third kappa shape index (κ3) is 3.67. The number of pyridine rings is 1. The number of benzene rings is 2. The molecule has 8 heteroatoms. The van der Waals surface area contributed by atoms with Gasteiger partial charge in [-0.1, -0.05) is 24.3 Å². The fourth-order valence-electron chi connectivity index (χ4n) is 3.68. The lowest BCUT2D eigenvalue weighted by molar-refractivity contribution is 0.158. The number of anilines is 1. The Labute approximate surface area is 186 Å². The first-order valence-corrected chi connectivity index (χ1v) is 11.6. The van der Waals surface area contributed by atoms with E-state index in [0.717, 1.165) is 0 Å². The zero-order chi connectivity index (χ0) is 22.3. The summed E-state index contributed by atoms with van der Waals surface area (Å²) < 4.78 is 45.7. The quantitative estimate of drug-likeness (QED) is 0.574. The van der Waals surface area contributed by atoms with Crippen LogP contribution in [0.2, 0.25) is 0 Å². The second-order valence-electron chi connectivity index (χ2n) is 8.06. The first-order valence-electron chi connectivity index (χ1n) is 10.2. The highest BCUT2D eigenvalue weighted by Gasteiger charge is 2.32. The second-order valence-corrected chi connectivity index (χ2v) is 9.89. The summed E-state index contributed by atoms with van der Waals surface area (Å²) in [5, 5.41) is 0. The summed E-state index contributed by atoms with van der Waals surface area (Å²) in [7, 11) is -3.98. The zero-order valence-corrected chi connectivity index (χ0v) is 18.5. The van der Waals surface area contributed by atoms with Crippen molar-refractivity contribution in [2.24, 2.45) is 0 Å².